The smallest absolute Gasteiger partial charge is 0.143 e. The van der Waals surface area contributed by atoms with Crippen LogP contribution in [0, 0.1) is 0 Å². The molecule has 0 aromatic heterocycles. The number of hydrogen-bond acceptors (Lipinski definition) is 3. The summed E-state index contributed by atoms with van der Waals surface area (Å²) in [5.41, 5.74) is 1.16. The van der Waals surface area contributed by atoms with Crippen molar-refractivity contribution in [3.05, 3.63) is 26.6 Å². The van der Waals surface area contributed by atoms with Gasteiger partial charge in [-0.15, -0.1) is 0 Å². The van der Waals surface area contributed by atoms with E-state index in [1.807, 2.05) is 12.1 Å². The van der Waals surface area contributed by atoms with Crippen LogP contribution in [0.2, 0.25) is 0 Å². The van der Waals surface area contributed by atoms with Gasteiger partial charge in [-0.25, -0.2) is 0 Å². The average molecular weight is 393 g/mol. The lowest BCUT2D eigenvalue weighted by Crippen LogP contribution is -2.35. The molecule has 1 aromatic rings. The van der Waals surface area contributed by atoms with Gasteiger partial charge in [0.25, 0.3) is 0 Å². The van der Waals surface area contributed by atoms with Crippen LogP contribution in [0.4, 0.5) is 0 Å². The molecule has 1 saturated carbocycles. The van der Waals surface area contributed by atoms with Crippen LogP contribution in [0.5, 0.6) is 5.75 Å². The first-order chi connectivity index (χ1) is 8.97. The van der Waals surface area contributed by atoms with Gasteiger partial charge in [-0.3, -0.25) is 4.90 Å². The Morgan fingerprint density at radius 1 is 1.16 bits per heavy atom. The van der Waals surface area contributed by atoms with Gasteiger partial charge in [-0.05, 0) is 82.3 Å². The molecule has 3 nitrogen and oxygen atoms in total. The van der Waals surface area contributed by atoms with E-state index in [0.29, 0.717) is 15.0 Å². The minimum absolute atomic E-state index is 0.110. The van der Waals surface area contributed by atoms with Gasteiger partial charge in [0, 0.05) is 12.6 Å². The number of hydrogen-bond donors (Lipinski definition) is 2. The normalized spacial score (nSPS) is 23.8. The number of phenols is 1. The monoisotopic (exact) mass is 391 g/mol. The van der Waals surface area contributed by atoms with Crippen LogP contribution in [0.15, 0.2) is 21.1 Å². The lowest BCUT2D eigenvalue weighted by Gasteiger charge is -2.33. The number of aromatic hydroxyl groups is 1. The molecular weight excluding hydrogens is 374 g/mol. The van der Waals surface area contributed by atoms with Crippen molar-refractivity contribution in [2.45, 2.75) is 44.4 Å². The standard InChI is InChI=1S/C14H19Br2NO2/c1-17(10-2-4-11(18)5-3-10)8-9-6-12(15)14(19)13(16)7-9/h6-7,10-11,18-19H,2-5,8H2,1H3. The molecule has 1 aliphatic carbocycles. The van der Waals surface area contributed by atoms with Crippen molar-refractivity contribution in [1.29, 1.82) is 0 Å². The van der Waals surface area contributed by atoms with E-state index in [4.69, 9.17) is 0 Å². The number of aliphatic hydroxyl groups excluding tert-OH is 1. The zero-order valence-electron chi connectivity index (χ0n) is 10.9. The Morgan fingerprint density at radius 3 is 2.21 bits per heavy atom. The zero-order valence-corrected chi connectivity index (χ0v) is 14.1. The van der Waals surface area contributed by atoms with Gasteiger partial charge in [0.1, 0.15) is 5.75 Å². The molecule has 19 heavy (non-hydrogen) atoms. The fraction of sp³-hybridized carbons (Fsp3) is 0.571. The summed E-state index contributed by atoms with van der Waals surface area (Å²) in [6, 6.07) is 4.44. The van der Waals surface area contributed by atoms with Crippen molar-refractivity contribution in [3.8, 4) is 5.75 Å². The minimum Gasteiger partial charge on any atom is -0.506 e. The van der Waals surface area contributed by atoms with Gasteiger partial charge >= 0.3 is 0 Å². The summed E-state index contributed by atoms with van der Waals surface area (Å²) < 4.78 is 1.42. The lowest BCUT2D eigenvalue weighted by molar-refractivity contribution is 0.0818. The molecule has 5 heteroatoms. The third kappa shape index (κ3) is 3.94. The predicted molar refractivity (Wildman–Crippen MR) is 83.2 cm³/mol. The van der Waals surface area contributed by atoms with Crippen LogP contribution in [-0.2, 0) is 6.54 Å². The largest absolute Gasteiger partial charge is 0.506 e. The van der Waals surface area contributed by atoms with Gasteiger partial charge in [-0.2, -0.15) is 0 Å². The second-order valence-corrected chi connectivity index (χ2v) is 6.99. The summed E-state index contributed by atoms with van der Waals surface area (Å²) in [7, 11) is 2.12. The van der Waals surface area contributed by atoms with Crippen LogP contribution in [-0.4, -0.2) is 34.3 Å². The Balaban J connectivity index is 2.00. The number of nitrogens with zero attached hydrogens (tertiary/aromatic N) is 1. The van der Waals surface area contributed by atoms with E-state index in [0.717, 1.165) is 37.8 Å². The maximum absolute atomic E-state index is 9.71. The highest BCUT2D eigenvalue weighted by atomic mass is 79.9. The maximum atomic E-state index is 9.71. The Hall–Kier alpha value is -0.100. The highest BCUT2D eigenvalue weighted by molar-refractivity contribution is 9.11. The SMILES string of the molecule is CN(Cc1cc(Br)c(O)c(Br)c1)C1CCC(O)CC1. The van der Waals surface area contributed by atoms with E-state index in [2.05, 4.69) is 43.8 Å². The van der Waals surface area contributed by atoms with Crippen LogP contribution < -0.4 is 0 Å². The van der Waals surface area contributed by atoms with Gasteiger partial charge in [-0.1, -0.05) is 0 Å². The third-order valence-corrected chi connectivity index (χ3v) is 5.01. The predicted octanol–water partition coefficient (Wildman–Crippen LogP) is 3.65. The molecule has 0 aliphatic heterocycles. The van der Waals surface area contributed by atoms with E-state index in [1.165, 1.54) is 0 Å². The van der Waals surface area contributed by atoms with Gasteiger partial charge in [0.2, 0.25) is 0 Å². The van der Waals surface area contributed by atoms with Crippen molar-refractivity contribution in [3.63, 3.8) is 0 Å². The summed E-state index contributed by atoms with van der Waals surface area (Å²) in [6.45, 7) is 0.845. The topological polar surface area (TPSA) is 43.7 Å². The Kier molecular flexibility index (Phi) is 5.29. The van der Waals surface area contributed by atoms with Crippen molar-refractivity contribution in [2.24, 2.45) is 0 Å². The van der Waals surface area contributed by atoms with Gasteiger partial charge in [0.05, 0.1) is 15.0 Å². The third-order valence-electron chi connectivity index (χ3n) is 3.80. The van der Waals surface area contributed by atoms with E-state index in [1.54, 1.807) is 0 Å². The summed E-state index contributed by atoms with van der Waals surface area (Å²) >= 11 is 6.72. The summed E-state index contributed by atoms with van der Waals surface area (Å²) in [5, 5.41) is 19.3. The number of halogens is 2. The fourth-order valence-corrected chi connectivity index (χ4v) is 3.91. The molecule has 106 valence electrons. The van der Waals surface area contributed by atoms with Crippen LogP contribution >= 0.6 is 31.9 Å². The highest BCUT2D eigenvalue weighted by Crippen LogP contribution is 2.34. The second kappa shape index (κ2) is 6.57. The molecule has 0 atom stereocenters. The summed E-state index contributed by atoms with van der Waals surface area (Å²) in [5.74, 6) is 0.243. The maximum Gasteiger partial charge on any atom is 0.143 e. The second-order valence-electron chi connectivity index (χ2n) is 5.29. The van der Waals surface area contributed by atoms with E-state index >= 15 is 0 Å². The molecule has 1 fully saturated rings. The summed E-state index contributed by atoms with van der Waals surface area (Å²) in [6.07, 6.45) is 3.80. The lowest BCUT2D eigenvalue weighted by atomic mass is 9.92. The average Bonchev–Trinajstić information content (AvgIpc) is 2.36. The molecule has 0 heterocycles. The van der Waals surface area contributed by atoms with E-state index in [-0.39, 0.29) is 11.9 Å². The molecule has 2 N–H and O–H groups in total. The summed E-state index contributed by atoms with van der Waals surface area (Å²) in [4.78, 5) is 2.33. The molecule has 0 unspecified atom stereocenters. The molecule has 0 amide bonds. The van der Waals surface area contributed by atoms with E-state index < -0.39 is 0 Å². The van der Waals surface area contributed by atoms with Crippen LogP contribution in [0.25, 0.3) is 0 Å². The Morgan fingerprint density at radius 2 is 1.68 bits per heavy atom. The van der Waals surface area contributed by atoms with E-state index in [9.17, 15) is 10.2 Å². The number of rotatable bonds is 3. The van der Waals surface area contributed by atoms with Crippen molar-refractivity contribution in [2.75, 3.05) is 7.05 Å². The molecule has 0 saturated heterocycles. The van der Waals surface area contributed by atoms with Gasteiger partial charge in [0.15, 0.2) is 0 Å². The van der Waals surface area contributed by atoms with Crippen molar-refractivity contribution in [1.82, 2.24) is 4.90 Å². The quantitative estimate of drug-likeness (QED) is 0.824. The molecule has 1 aromatic carbocycles. The Labute approximate surface area is 130 Å². The first-order valence-corrected chi connectivity index (χ1v) is 8.11. The first-order valence-electron chi connectivity index (χ1n) is 6.52. The van der Waals surface area contributed by atoms with Crippen molar-refractivity contribution >= 4 is 31.9 Å². The molecular formula is C14H19Br2NO2. The fourth-order valence-electron chi connectivity index (χ4n) is 2.63. The first kappa shape index (κ1) is 15.3. The van der Waals surface area contributed by atoms with Crippen LogP contribution in [0.1, 0.15) is 31.2 Å². The minimum atomic E-state index is -0.110. The zero-order chi connectivity index (χ0) is 14.0. The van der Waals surface area contributed by atoms with Gasteiger partial charge < -0.3 is 10.2 Å². The molecule has 1 aliphatic rings. The number of phenolic OH excluding ortho intramolecular Hbond substituents is 1. The number of benzene rings is 1. The number of aliphatic hydroxyl groups is 1. The molecule has 2 rings (SSSR count). The van der Waals surface area contributed by atoms with Crippen LogP contribution in [0.3, 0.4) is 0 Å². The molecule has 0 bridgehead atoms. The van der Waals surface area contributed by atoms with Crippen molar-refractivity contribution < 1.29 is 10.2 Å². The Bertz CT molecular complexity index is 422. The highest BCUT2D eigenvalue weighted by Gasteiger charge is 2.22. The molecule has 0 spiro atoms. The molecule has 0 radical (unpaired) electrons.